The molecule has 0 aliphatic carbocycles. The lowest BCUT2D eigenvalue weighted by Gasteiger charge is -2.35. The molecule has 4 nitrogen and oxygen atoms in total. The average Bonchev–Trinajstić information content (AvgIpc) is 2.76. The van der Waals surface area contributed by atoms with Gasteiger partial charge in [-0.05, 0) is 87.3 Å². The molecule has 4 heteroatoms. The Morgan fingerprint density at radius 1 is 1.03 bits per heavy atom. The predicted octanol–water partition coefficient (Wildman–Crippen LogP) is 4.68. The first-order valence-electron chi connectivity index (χ1n) is 10.4. The molecule has 2 heterocycles. The van der Waals surface area contributed by atoms with Crippen molar-refractivity contribution < 1.29 is 4.79 Å². The summed E-state index contributed by atoms with van der Waals surface area (Å²) in [6.45, 7) is 6.34. The summed E-state index contributed by atoms with van der Waals surface area (Å²) in [6.07, 6.45) is 3.95. The molecule has 0 spiro atoms. The number of aromatic nitrogens is 1. The smallest absolute Gasteiger partial charge is 0.253 e. The van der Waals surface area contributed by atoms with E-state index in [-0.39, 0.29) is 5.91 Å². The SMILES string of the molecule is Cc1ccc2c(-c3ccc(C(=O)N(C)C4CCN(C)CC4)cc3)ccnc2c1C. The van der Waals surface area contributed by atoms with Crippen LogP contribution in [0.2, 0.25) is 0 Å². The number of aryl methyl sites for hydroxylation is 2. The molecule has 29 heavy (non-hydrogen) atoms. The van der Waals surface area contributed by atoms with Gasteiger partial charge in [-0.3, -0.25) is 9.78 Å². The van der Waals surface area contributed by atoms with Crippen LogP contribution in [0.5, 0.6) is 0 Å². The molecule has 0 bridgehead atoms. The highest BCUT2D eigenvalue weighted by molar-refractivity contribution is 5.98. The van der Waals surface area contributed by atoms with E-state index in [1.165, 1.54) is 11.1 Å². The zero-order chi connectivity index (χ0) is 20.5. The maximum Gasteiger partial charge on any atom is 0.253 e. The fourth-order valence-electron chi connectivity index (χ4n) is 4.26. The molecule has 0 N–H and O–H groups in total. The van der Waals surface area contributed by atoms with Crippen LogP contribution in [0.4, 0.5) is 0 Å². The molecule has 1 aromatic heterocycles. The van der Waals surface area contributed by atoms with Crippen molar-refractivity contribution in [2.75, 3.05) is 27.2 Å². The van der Waals surface area contributed by atoms with Crippen molar-refractivity contribution in [3.63, 3.8) is 0 Å². The number of amides is 1. The van der Waals surface area contributed by atoms with E-state index in [0.717, 1.165) is 53.5 Å². The summed E-state index contributed by atoms with van der Waals surface area (Å²) in [6, 6.07) is 14.7. The van der Waals surface area contributed by atoms with E-state index in [4.69, 9.17) is 0 Å². The molecule has 0 atom stereocenters. The largest absolute Gasteiger partial charge is 0.339 e. The molecule has 1 saturated heterocycles. The maximum absolute atomic E-state index is 13.0. The van der Waals surface area contributed by atoms with Gasteiger partial charge >= 0.3 is 0 Å². The van der Waals surface area contributed by atoms with Crippen molar-refractivity contribution in [1.82, 2.24) is 14.8 Å². The Kier molecular flexibility index (Phi) is 5.37. The Balaban J connectivity index is 1.59. The van der Waals surface area contributed by atoms with Crippen molar-refractivity contribution >= 4 is 16.8 Å². The summed E-state index contributed by atoms with van der Waals surface area (Å²) in [5, 5.41) is 1.15. The minimum absolute atomic E-state index is 0.108. The quantitative estimate of drug-likeness (QED) is 0.654. The zero-order valence-electron chi connectivity index (χ0n) is 17.8. The number of benzene rings is 2. The number of rotatable bonds is 3. The van der Waals surface area contributed by atoms with E-state index >= 15 is 0 Å². The van der Waals surface area contributed by atoms with E-state index in [1.54, 1.807) is 0 Å². The Hall–Kier alpha value is -2.72. The van der Waals surface area contributed by atoms with Gasteiger partial charge in [0, 0.05) is 30.2 Å². The maximum atomic E-state index is 13.0. The number of hydrogen-bond acceptors (Lipinski definition) is 3. The van der Waals surface area contributed by atoms with Crippen LogP contribution in [0, 0.1) is 13.8 Å². The molecule has 0 radical (unpaired) electrons. The van der Waals surface area contributed by atoms with Crippen LogP contribution in [0.15, 0.2) is 48.7 Å². The van der Waals surface area contributed by atoms with Gasteiger partial charge in [0.2, 0.25) is 0 Å². The second-order valence-electron chi connectivity index (χ2n) is 8.29. The molecule has 0 unspecified atom stereocenters. The van der Waals surface area contributed by atoms with Gasteiger partial charge in [0.25, 0.3) is 5.91 Å². The van der Waals surface area contributed by atoms with Gasteiger partial charge in [-0.15, -0.1) is 0 Å². The van der Waals surface area contributed by atoms with Crippen LogP contribution in [0.1, 0.15) is 34.3 Å². The average molecular weight is 388 g/mol. The van der Waals surface area contributed by atoms with Crippen molar-refractivity contribution in [1.29, 1.82) is 0 Å². The summed E-state index contributed by atoms with van der Waals surface area (Å²) in [7, 11) is 4.08. The topological polar surface area (TPSA) is 36.4 Å². The lowest BCUT2D eigenvalue weighted by molar-refractivity contribution is 0.0659. The molecule has 0 saturated carbocycles. The van der Waals surface area contributed by atoms with E-state index in [1.807, 2.05) is 30.3 Å². The lowest BCUT2D eigenvalue weighted by Crippen LogP contribution is -2.44. The molecule has 1 fully saturated rings. The monoisotopic (exact) mass is 387 g/mol. The van der Waals surface area contributed by atoms with Gasteiger partial charge in [0.15, 0.2) is 0 Å². The van der Waals surface area contributed by atoms with Crippen molar-refractivity contribution in [3.8, 4) is 11.1 Å². The molecule has 150 valence electrons. The number of piperidine rings is 1. The fraction of sp³-hybridized carbons (Fsp3) is 0.360. The summed E-state index contributed by atoms with van der Waals surface area (Å²) < 4.78 is 0. The Morgan fingerprint density at radius 2 is 1.72 bits per heavy atom. The third-order valence-electron chi connectivity index (χ3n) is 6.44. The molecule has 2 aromatic carbocycles. The van der Waals surface area contributed by atoms with E-state index in [2.05, 4.69) is 61.1 Å². The molecular formula is C25H29N3O. The first-order chi connectivity index (χ1) is 14.0. The van der Waals surface area contributed by atoms with Gasteiger partial charge in [0.05, 0.1) is 5.52 Å². The van der Waals surface area contributed by atoms with Crippen LogP contribution in [-0.2, 0) is 0 Å². The van der Waals surface area contributed by atoms with Gasteiger partial charge in [-0.2, -0.15) is 0 Å². The molecule has 1 aliphatic rings. The molecule has 4 rings (SSSR count). The van der Waals surface area contributed by atoms with E-state index in [9.17, 15) is 4.79 Å². The van der Waals surface area contributed by atoms with Gasteiger partial charge in [-0.25, -0.2) is 0 Å². The first-order valence-corrected chi connectivity index (χ1v) is 10.4. The van der Waals surface area contributed by atoms with Gasteiger partial charge in [0.1, 0.15) is 0 Å². The second kappa shape index (κ2) is 7.96. The minimum atomic E-state index is 0.108. The van der Waals surface area contributed by atoms with Crippen LogP contribution >= 0.6 is 0 Å². The first kappa shape index (κ1) is 19.6. The van der Waals surface area contributed by atoms with E-state index < -0.39 is 0 Å². The van der Waals surface area contributed by atoms with Crippen LogP contribution in [0.3, 0.4) is 0 Å². The summed E-state index contributed by atoms with van der Waals surface area (Å²) in [5.74, 6) is 0.108. The van der Waals surface area contributed by atoms with Gasteiger partial charge < -0.3 is 9.80 Å². The lowest BCUT2D eigenvalue weighted by atomic mass is 9.96. The highest BCUT2D eigenvalue weighted by Crippen LogP contribution is 2.30. The molecular weight excluding hydrogens is 358 g/mol. The highest BCUT2D eigenvalue weighted by Gasteiger charge is 2.24. The Morgan fingerprint density at radius 3 is 2.41 bits per heavy atom. The number of carbonyl (C=O) groups is 1. The number of likely N-dealkylation sites (tertiary alicyclic amines) is 1. The number of pyridine rings is 1. The van der Waals surface area contributed by atoms with Crippen molar-refractivity contribution in [2.45, 2.75) is 32.7 Å². The summed E-state index contributed by atoms with van der Waals surface area (Å²) >= 11 is 0. The second-order valence-corrected chi connectivity index (χ2v) is 8.29. The number of fused-ring (bicyclic) bond motifs is 1. The Bertz CT molecular complexity index is 1030. The standard InChI is InChI=1S/C25H29N3O/c1-17-5-10-23-22(11-14-26-24(23)18(17)2)19-6-8-20(9-7-19)25(29)28(4)21-12-15-27(3)16-13-21/h5-11,14,21H,12-13,15-16H2,1-4H3. The van der Waals surface area contributed by atoms with E-state index in [0.29, 0.717) is 6.04 Å². The number of hydrogen-bond donors (Lipinski definition) is 0. The van der Waals surface area contributed by atoms with Gasteiger partial charge in [-0.1, -0.05) is 24.3 Å². The van der Waals surface area contributed by atoms with Crippen LogP contribution in [-0.4, -0.2) is 53.9 Å². The fourth-order valence-corrected chi connectivity index (χ4v) is 4.26. The van der Waals surface area contributed by atoms with Crippen molar-refractivity contribution in [3.05, 3.63) is 65.4 Å². The molecule has 3 aromatic rings. The zero-order valence-corrected chi connectivity index (χ0v) is 17.8. The minimum Gasteiger partial charge on any atom is -0.339 e. The van der Waals surface area contributed by atoms with Crippen LogP contribution in [0.25, 0.3) is 22.0 Å². The summed E-state index contributed by atoms with van der Waals surface area (Å²) in [5.41, 5.74) is 6.53. The highest BCUT2D eigenvalue weighted by atomic mass is 16.2. The normalized spacial score (nSPS) is 15.6. The third kappa shape index (κ3) is 3.77. The number of nitrogens with zero attached hydrogens (tertiary/aromatic N) is 3. The predicted molar refractivity (Wildman–Crippen MR) is 119 cm³/mol. The molecule has 1 amide bonds. The third-order valence-corrected chi connectivity index (χ3v) is 6.44. The summed E-state index contributed by atoms with van der Waals surface area (Å²) in [4.78, 5) is 21.8. The Labute approximate surface area is 173 Å². The van der Waals surface area contributed by atoms with Crippen LogP contribution < -0.4 is 0 Å². The van der Waals surface area contributed by atoms with Crippen molar-refractivity contribution in [2.24, 2.45) is 0 Å². The number of carbonyl (C=O) groups excluding carboxylic acids is 1. The molecule has 1 aliphatic heterocycles.